The number of hydrogen-bond acceptors (Lipinski definition) is 5. The Hall–Kier alpha value is -3.54. The molecular formula is C34H39F5N6O. The third-order valence-corrected chi connectivity index (χ3v) is 10.6. The lowest BCUT2D eigenvalue weighted by molar-refractivity contribution is -0.138. The van der Waals surface area contributed by atoms with Crippen molar-refractivity contribution < 1.29 is 26.7 Å². The molecule has 7 rings (SSSR count). The normalized spacial score (nSPS) is 21.6. The Morgan fingerprint density at radius 3 is 2.37 bits per heavy atom. The molecule has 12 heteroatoms. The molecule has 46 heavy (non-hydrogen) atoms. The second-order valence-electron chi connectivity index (χ2n) is 14.2. The van der Waals surface area contributed by atoms with Crippen molar-refractivity contribution in [1.82, 2.24) is 20.1 Å². The van der Waals surface area contributed by atoms with E-state index in [9.17, 15) is 26.7 Å². The van der Waals surface area contributed by atoms with E-state index in [1.807, 2.05) is 6.07 Å². The minimum Gasteiger partial charge on any atom is -0.382 e. The molecule has 3 aliphatic carbocycles. The van der Waals surface area contributed by atoms with Gasteiger partial charge in [0.05, 0.1) is 12.1 Å². The van der Waals surface area contributed by atoms with Crippen LogP contribution in [0.1, 0.15) is 103 Å². The molecule has 0 saturated heterocycles. The zero-order chi connectivity index (χ0) is 32.5. The van der Waals surface area contributed by atoms with E-state index >= 15 is 0 Å². The Balaban J connectivity index is 1.27. The van der Waals surface area contributed by atoms with E-state index in [-0.39, 0.29) is 42.2 Å². The highest BCUT2D eigenvalue weighted by Crippen LogP contribution is 2.56. The van der Waals surface area contributed by atoms with E-state index in [1.54, 1.807) is 29.8 Å². The minimum absolute atomic E-state index is 0.0325. The van der Waals surface area contributed by atoms with Crippen LogP contribution in [-0.2, 0) is 38.1 Å². The summed E-state index contributed by atoms with van der Waals surface area (Å²) in [5, 5.41) is 15.0. The predicted molar refractivity (Wildman–Crippen MR) is 164 cm³/mol. The molecule has 7 nitrogen and oxygen atoms in total. The number of hydrogen-bond donors (Lipinski definition) is 2. The second-order valence-corrected chi connectivity index (χ2v) is 14.2. The average Bonchev–Trinajstić information content (AvgIpc) is 3.70. The molecule has 0 unspecified atom stereocenters. The number of halogens is 5. The van der Waals surface area contributed by atoms with Gasteiger partial charge in [-0.3, -0.25) is 4.79 Å². The topological polar surface area (TPSA) is 75.1 Å². The largest absolute Gasteiger partial charge is 0.416 e. The number of nitrogens with one attached hydrogen (secondary N) is 2. The quantitative estimate of drug-likeness (QED) is 0.240. The lowest BCUT2D eigenvalue weighted by Crippen LogP contribution is -2.51. The summed E-state index contributed by atoms with van der Waals surface area (Å²) in [4.78, 5) is 15.3. The Labute approximate surface area is 264 Å². The van der Waals surface area contributed by atoms with Gasteiger partial charge in [-0.05, 0) is 86.1 Å². The van der Waals surface area contributed by atoms with Crippen LogP contribution in [0.3, 0.4) is 0 Å². The monoisotopic (exact) mass is 642 g/mol. The number of nitrogens with zero attached hydrogens (tertiary/aromatic N) is 4. The molecule has 0 spiro atoms. The first-order chi connectivity index (χ1) is 21.7. The van der Waals surface area contributed by atoms with Crippen molar-refractivity contribution >= 4 is 17.3 Å². The van der Waals surface area contributed by atoms with E-state index in [4.69, 9.17) is 0 Å². The molecule has 1 amide bonds. The van der Waals surface area contributed by atoms with Gasteiger partial charge in [-0.2, -0.15) is 13.2 Å². The van der Waals surface area contributed by atoms with Crippen molar-refractivity contribution in [3.63, 3.8) is 0 Å². The molecule has 1 aromatic heterocycles. The van der Waals surface area contributed by atoms with Crippen molar-refractivity contribution in [2.24, 2.45) is 7.05 Å². The first-order valence-electron chi connectivity index (χ1n) is 16.2. The highest BCUT2D eigenvalue weighted by molar-refractivity contribution is 6.10. The van der Waals surface area contributed by atoms with Crippen molar-refractivity contribution in [2.75, 3.05) is 10.2 Å². The maximum atomic E-state index is 14.6. The number of alkyl halides is 5. The van der Waals surface area contributed by atoms with Gasteiger partial charge in [-0.1, -0.05) is 12.8 Å². The molecule has 2 heterocycles. The summed E-state index contributed by atoms with van der Waals surface area (Å²) in [6, 6.07) is 8.27. The van der Waals surface area contributed by atoms with Crippen LogP contribution in [0.2, 0.25) is 0 Å². The Kier molecular flexibility index (Phi) is 7.45. The maximum Gasteiger partial charge on any atom is 0.416 e. The summed E-state index contributed by atoms with van der Waals surface area (Å²) in [6.45, 7) is 2.03. The van der Waals surface area contributed by atoms with E-state index in [0.29, 0.717) is 28.3 Å². The van der Waals surface area contributed by atoms with Crippen LogP contribution in [-0.4, -0.2) is 38.2 Å². The van der Waals surface area contributed by atoms with E-state index < -0.39 is 41.8 Å². The van der Waals surface area contributed by atoms with Gasteiger partial charge >= 0.3 is 6.18 Å². The fraction of sp³-hybridized carbons (Fsp3) is 0.559. The maximum absolute atomic E-state index is 14.6. The summed E-state index contributed by atoms with van der Waals surface area (Å²) < 4.78 is 74.3. The molecule has 3 saturated carbocycles. The van der Waals surface area contributed by atoms with Crippen LogP contribution < -0.4 is 15.5 Å². The Morgan fingerprint density at radius 2 is 1.76 bits per heavy atom. The number of rotatable bonds is 9. The third-order valence-electron chi connectivity index (χ3n) is 10.6. The first-order valence-corrected chi connectivity index (χ1v) is 16.2. The van der Waals surface area contributed by atoms with Crippen LogP contribution in [0, 0.1) is 0 Å². The molecule has 2 N–H and O–H groups in total. The number of amides is 1. The molecule has 0 atom stereocenters. The van der Waals surface area contributed by atoms with Crippen LogP contribution in [0.15, 0.2) is 36.7 Å². The average molecular weight is 643 g/mol. The van der Waals surface area contributed by atoms with E-state index in [0.717, 1.165) is 51.0 Å². The molecule has 4 aliphatic rings. The van der Waals surface area contributed by atoms with Gasteiger partial charge in [0.25, 0.3) is 5.91 Å². The Bertz CT molecular complexity index is 1650. The van der Waals surface area contributed by atoms with Gasteiger partial charge in [0.15, 0.2) is 0 Å². The lowest BCUT2D eigenvalue weighted by atomic mass is 9.60. The molecule has 1 aliphatic heterocycles. The number of benzene rings is 2. The molecule has 3 aromatic rings. The third kappa shape index (κ3) is 5.77. The van der Waals surface area contributed by atoms with E-state index in [1.165, 1.54) is 11.2 Å². The van der Waals surface area contributed by atoms with Crippen LogP contribution in [0.4, 0.5) is 33.3 Å². The highest BCUT2D eigenvalue weighted by Gasteiger charge is 2.58. The smallest absolute Gasteiger partial charge is 0.382 e. The lowest BCUT2D eigenvalue weighted by Gasteiger charge is -2.48. The second kappa shape index (κ2) is 11.0. The molecular weight excluding hydrogens is 603 g/mol. The molecule has 2 aromatic carbocycles. The first kappa shape index (κ1) is 31.1. The molecule has 0 radical (unpaired) electrons. The fourth-order valence-electron chi connectivity index (χ4n) is 7.83. The van der Waals surface area contributed by atoms with Crippen LogP contribution >= 0.6 is 0 Å². The summed E-state index contributed by atoms with van der Waals surface area (Å²) in [7, 11) is 1.76. The fourth-order valence-corrected chi connectivity index (χ4v) is 7.83. The predicted octanol–water partition coefficient (Wildman–Crippen LogP) is 7.29. The number of aromatic nitrogens is 3. The number of aryl methyl sites for hydroxylation is 1. The number of anilines is 2. The van der Waals surface area contributed by atoms with Gasteiger partial charge in [-0.25, -0.2) is 8.78 Å². The number of fused-ring (bicyclic) bond motifs is 1. The zero-order valence-electron chi connectivity index (χ0n) is 26.1. The van der Waals surface area contributed by atoms with Crippen molar-refractivity contribution in [3.05, 3.63) is 70.3 Å². The minimum atomic E-state index is -4.65. The van der Waals surface area contributed by atoms with Crippen LogP contribution in [0.25, 0.3) is 0 Å². The molecule has 3 fully saturated rings. The Morgan fingerprint density at radius 1 is 1.02 bits per heavy atom. The summed E-state index contributed by atoms with van der Waals surface area (Å²) in [6.07, 6.45) is 3.33. The number of carbonyl (C=O) groups excluding carboxylic acids is 1. The molecule has 0 bridgehead atoms. The van der Waals surface area contributed by atoms with Crippen molar-refractivity contribution in [3.8, 4) is 0 Å². The van der Waals surface area contributed by atoms with Crippen LogP contribution in [0.5, 0.6) is 0 Å². The van der Waals surface area contributed by atoms with E-state index in [2.05, 4.69) is 27.8 Å². The summed E-state index contributed by atoms with van der Waals surface area (Å²) in [5.74, 6) is -2.83. The summed E-state index contributed by atoms with van der Waals surface area (Å²) >= 11 is 0. The van der Waals surface area contributed by atoms with Gasteiger partial charge in [-0.15, -0.1) is 10.2 Å². The standard InChI is InChI=1S/C34H39F5N6O/c1-31(8-5-9-31)40-16-21-10-26-27(28(11-21)34(37,38)39)17-45(30(26)46)25-13-22(12-24(14-25)42-23-6-3-4-7-23)32(18-33(35,36)19-32)15-29-43-41-20-44(29)2/h10-14,20,23,40,42H,3-9,15-19H2,1-2H3. The zero-order valence-corrected chi connectivity index (χ0v) is 26.1. The SMILES string of the molecule is Cn1cnnc1CC1(c2cc(NC3CCCC3)cc(N3Cc4c(cc(CNC5(C)CCC5)cc4C(F)(F)F)C3=O)c2)CC(F)(F)C1. The highest BCUT2D eigenvalue weighted by atomic mass is 19.4. The van der Waals surface area contributed by atoms with Gasteiger partial charge in [0.1, 0.15) is 12.2 Å². The van der Waals surface area contributed by atoms with Gasteiger partial charge in [0, 0.05) is 66.8 Å². The van der Waals surface area contributed by atoms with Gasteiger partial charge < -0.3 is 20.1 Å². The summed E-state index contributed by atoms with van der Waals surface area (Å²) in [5.41, 5.74) is 0.150. The van der Waals surface area contributed by atoms with Crippen molar-refractivity contribution in [2.45, 2.75) is 113 Å². The van der Waals surface area contributed by atoms with Crippen molar-refractivity contribution in [1.29, 1.82) is 0 Å². The molecule has 246 valence electrons. The van der Waals surface area contributed by atoms with Gasteiger partial charge in [0.2, 0.25) is 5.92 Å². The number of carbonyl (C=O) groups is 1.